The molecule has 20 nitrogen and oxygen atoms in total. The summed E-state index contributed by atoms with van der Waals surface area (Å²) in [6.07, 6.45) is 7.32. The van der Waals surface area contributed by atoms with Gasteiger partial charge < -0.3 is 47.9 Å². The smallest absolute Gasteiger partial charge is 0.246 e. The molecule has 0 unspecified atom stereocenters. The third kappa shape index (κ3) is 12.7. The highest BCUT2D eigenvalue weighted by atomic mass is 32.1. The van der Waals surface area contributed by atoms with E-state index in [2.05, 4.69) is 41.9 Å². The Hall–Kier alpha value is -6.94. The lowest BCUT2D eigenvalue weighted by Gasteiger charge is -2.35. The fourth-order valence-electron chi connectivity index (χ4n) is 9.77. The van der Waals surface area contributed by atoms with E-state index in [-0.39, 0.29) is 64.0 Å². The zero-order valence-electron chi connectivity index (χ0n) is 39.2. The summed E-state index contributed by atoms with van der Waals surface area (Å²) in [7, 11) is 0. The maximum absolute atomic E-state index is 15.4. The van der Waals surface area contributed by atoms with E-state index in [1.807, 2.05) is 53.9 Å². The first-order chi connectivity index (χ1) is 34.3. The molecule has 0 spiro atoms. The Labute approximate surface area is 417 Å². The number of carbonyl (C=O) groups excluding carboxylic acids is 8. The molecule has 2 aliphatic heterocycles. The monoisotopic (exact) mass is 1010 g/mol. The number of aromatic amines is 1. The zero-order valence-corrected chi connectivity index (χ0v) is 40.9. The quantitative estimate of drug-likeness (QED) is 0.101. The normalized spacial score (nSPS) is 24.1. The van der Waals surface area contributed by atoms with Gasteiger partial charge in [0.05, 0.1) is 17.1 Å². The van der Waals surface area contributed by atoms with Crippen molar-refractivity contribution in [3.05, 3.63) is 71.9 Å². The van der Waals surface area contributed by atoms with E-state index in [0.29, 0.717) is 36.9 Å². The Morgan fingerprint density at radius 3 is 2.30 bits per heavy atom. The molecule has 4 aromatic heterocycles. The molecule has 0 radical (unpaired) electrons. The number of primary amides is 2. The molecule has 1 saturated carbocycles. The van der Waals surface area contributed by atoms with Gasteiger partial charge in [-0.25, -0.2) is 4.68 Å². The molecule has 8 amide bonds. The number of nitrogens with one attached hydrogen (secondary N) is 6. The van der Waals surface area contributed by atoms with Crippen LogP contribution in [0.1, 0.15) is 95.1 Å². The summed E-state index contributed by atoms with van der Waals surface area (Å²) >= 11 is 3.19. The van der Waals surface area contributed by atoms with E-state index in [1.165, 1.54) is 4.90 Å². The van der Waals surface area contributed by atoms with Crippen molar-refractivity contribution in [3.63, 3.8) is 0 Å². The minimum atomic E-state index is -1.28. The molecule has 3 aliphatic rings. The fraction of sp³-hybridized carbons (Fsp3) is 0.469. The third-order valence-electron chi connectivity index (χ3n) is 13.6. The number of H-pyrrole nitrogens is 1. The lowest BCUT2D eigenvalue weighted by atomic mass is 9.83. The summed E-state index contributed by atoms with van der Waals surface area (Å²) in [5, 5.41) is 25.9. The molecule has 71 heavy (non-hydrogen) atoms. The molecule has 376 valence electrons. The molecule has 10 N–H and O–H groups in total. The van der Waals surface area contributed by atoms with Gasteiger partial charge in [-0.05, 0) is 79.7 Å². The molecule has 8 rings (SSSR count). The second-order valence-corrected chi connectivity index (χ2v) is 20.6. The Kier molecular flexibility index (Phi) is 16.6. The zero-order chi connectivity index (χ0) is 50.0. The Bertz CT molecular complexity index is 2730. The lowest BCUT2D eigenvalue weighted by molar-refractivity contribution is -0.144. The second-order valence-electron chi connectivity index (χ2n) is 18.6. The van der Waals surface area contributed by atoms with E-state index in [1.54, 1.807) is 39.7 Å². The summed E-state index contributed by atoms with van der Waals surface area (Å²) < 4.78 is 1.64. The van der Waals surface area contributed by atoms with Crippen molar-refractivity contribution in [2.75, 3.05) is 13.1 Å². The van der Waals surface area contributed by atoms with Crippen LogP contribution >= 0.6 is 22.7 Å². The summed E-state index contributed by atoms with van der Waals surface area (Å²) in [6.45, 7) is 0.190. The molecular formula is C49H60N12O8S2. The number of para-hydroxylation sites is 1. The molecule has 6 heterocycles. The standard InChI is InChI=1S/C49H60N12O8S2/c50-41(62)18-15-34-46(66)57-44(28-9-2-1-3-10-28)49(69)60-26-30(61-27-36(58-59-61)38-16-17-40(71-38)39-14-8-22-70-39)24-37(60)48(68)56-35(23-29-25-53-32-12-5-4-11-31(29)32)47(67)55-33(45(51)65)13-6-7-21-52-42(63)19-20-43(64)54-34/h4-5,8,11-12,14,16-17,22,25,27-28,30,33-35,37,44,53H,1-3,6-7,9-10,13,15,18-21,23-24,26H2,(H2,50,62)(H2,51,65)(H,52,63)(H,54,64)(H,55,67)(H,56,68)(H,57,66)/t30-,33-,34-,35-,37-,44-/m0/s1. The van der Waals surface area contributed by atoms with Crippen molar-refractivity contribution in [2.24, 2.45) is 17.4 Å². The summed E-state index contributed by atoms with van der Waals surface area (Å²) in [5.41, 5.74) is 13.4. The van der Waals surface area contributed by atoms with Crippen LogP contribution in [-0.2, 0) is 44.8 Å². The van der Waals surface area contributed by atoms with Gasteiger partial charge >= 0.3 is 0 Å². The van der Waals surface area contributed by atoms with Crippen molar-refractivity contribution in [2.45, 2.75) is 126 Å². The number of fused-ring (bicyclic) bond motifs is 2. The van der Waals surface area contributed by atoms with Gasteiger partial charge in [-0.3, -0.25) is 38.4 Å². The predicted octanol–water partition coefficient (Wildman–Crippen LogP) is 2.95. The highest BCUT2D eigenvalue weighted by molar-refractivity contribution is 7.23. The maximum atomic E-state index is 15.4. The van der Waals surface area contributed by atoms with Crippen LogP contribution in [0.4, 0.5) is 0 Å². The van der Waals surface area contributed by atoms with E-state index in [0.717, 1.165) is 44.8 Å². The first-order valence-corrected chi connectivity index (χ1v) is 26.0. The number of nitrogens with zero attached hydrogens (tertiary/aromatic N) is 4. The summed E-state index contributed by atoms with van der Waals surface area (Å²) in [5.74, 6) is -5.47. The molecular weight excluding hydrogens is 949 g/mol. The highest BCUT2D eigenvalue weighted by Crippen LogP contribution is 2.37. The number of rotatable bonds is 10. The molecule has 2 saturated heterocycles. The van der Waals surface area contributed by atoms with Crippen molar-refractivity contribution in [1.82, 2.24) is 51.5 Å². The average Bonchev–Trinajstić information content (AvgIpc) is 4.23. The van der Waals surface area contributed by atoms with Crippen molar-refractivity contribution in [1.29, 1.82) is 0 Å². The Morgan fingerprint density at radius 1 is 0.761 bits per heavy atom. The fourth-order valence-corrected chi connectivity index (χ4v) is 11.6. The van der Waals surface area contributed by atoms with Crippen LogP contribution in [-0.4, -0.2) is 115 Å². The molecule has 22 heteroatoms. The maximum Gasteiger partial charge on any atom is 0.246 e. The van der Waals surface area contributed by atoms with Crippen molar-refractivity contribution in [3.8, 4) is 20.3 Å². The second kappa shape index (κ2) is 23.3. The van der Waals surface area contributed by atoms with Gasteiger partial charge in [0.2, 0.25) is 47.3 Å². The molecule has 1 aromatic carbocycles. The van der Waals surface area contributed by atoms with Gasteiger partial charge in [0.1, 0.15) is 35.9 Å². The number of nitrogens with two attached hydrogens (primary N) is 2. The first kappa shape index (κ1) is 50.4. The number of hydrogen-bond donors (Lipinski definition) is 8. The molecule has 1 aliphatic carbocycles. The average molecular weight is 1010 g/mol. The van der Waals surface area contributed by atoms with Crippen LogP contribution in [0.25, 0.3) is 31.2 Å². The van der Waals surface area contributed by atoms with E-state index < -0.39 is 83.5 Å². The van der Waals surface area contributed by atoms with Crippen molar-refractivity contribution >= 4 is 80.8 Å². The number of carbonyl (C=O) groups is 8. The molecule has 0 bridgehead atoms. The van der Waals surface area contributed by atoms with Crippen LogP contribution in [0.5, 0.6) is 0 Å². The van der Waals surface area contributed by atoms with Crippen LogP contribution < -0.4 is 38.1 Å². The highest BCUT2D eigenvalue weighted by Gasteiger charge is 2.46. The Morgan fingerprint density at radius 2 is 1.52 bits per heavy atom. The molecule has 5 aromatic rings. The SMILES string of the molecule is NC(=O)CC[C@@H]1NC(=O)CCC(=O)NCCCC[C@@H](C(N)=O)NC(=O)[C@H](Cc2c[nH]c3ccccc23)NC(=O)[C@@H]2C[C@H](n3cc(-c4ccc(-c5cccs5)s4)nn3)CN2C(=O)[C@H](C2CCCCC2)NC1=O. The van der Waals surface area contributed by atoms with E-state index in [4.69, 9.17) is 11.5 Å². The largest absolute Gasteiger partial charge is 0.370 e. The van der Waals surface area contributed by atoms with Crippen LogP contribution in [0, 0.1) is 5.92 Å². The van der Waals surface area contributed by atoms with Crippen LogP contribution in [0.3, 0.4) is 0 Å². The van der Waals surface area contributed by atoms with Gasteiger partial charge in [0.15, 0.2) is 0 Å². The number of amides is 8. The van der Waals surface area contributed by atoms with Gasteiger partial charge in [-0.1, -0.05) is 48.7 Å². The predicted molar refractivity (Wildman–Crippen MR) is 266 cm³/mol. The van der Waals surface area contributed by atoms with Gasteiger partial charge in [0, 0.05) is 72.0 Å². The first-order valence-electron chi connectivity index (χ1n) is 24.3. The van der Waals surface area contributed by atoms with Crippen LogP contribution in [0.15, 0.2) is 66.3 Å². The number of thiophene rings is 2. The number of aromatic nitrogens is 4. The van der Waals surface area contributed by atoms with E-state index >= 15 is 9.59 Å². The topological polar surface area (TPSA) is 298 Å². The van der Waals surface area contributed by atoms with Crippen LogP contribution in [0.2, 0.25) is 0 Å². The van der Waals surface area contributed by atoms with Gasteiger partial charge in [0.25, 0.3) is 0 Å². The summed E-state index contributed by atoms with van der Waals surface area (Å²) in [4.78, 5) is 118. The van der Waals surface area contributed by atoms with E-state index in [9.17, 15) is 28.8 Å². The van der Waals surface area contributed by atoms with Gasteiger partial charge in [-0.2, -0.15) is 0 Å². The minimum absolute atomic E-state index is 0.00305. The molecule has 3 fully saturated rings. The van der Waals surface area contributed by atoms with Crippen molar-refractivity contribution < 1.29 is 38.4 Å². The third-order valence-corrected chi connectivity index (χ3v) is 15.8. The molecule has 6 atom stereocenters. The number of hydrogen-bond acceptors (Lipinski definition) is 12. The summed E-state index contributed by atoms with van der Waals surface area (Å²) in [6, 6.07) is 8.96. The van der Waals surface area contributed by atoms with Gasteiger partial charge in [-0.15, -0.1) is 27.8 Å². The minimum Gasteiger partial charge on any atom is -0.370 e. The lowest BCUT2D eigenvalue weighted by Crippen LogP contribution is -2.60. The Balaban J connectivity index is 1.15. The number of benzene rings is 1.